The summed E-state index contributed by atoms with van der Waals surface area (Å²) in [6.07, 6.45) is 5.79. The van der Waals surface area contributed by atoms with E-state index in [-0.39, 0.29) is 22.8 Å². The monoisotopic (exact) mass is 394 g/mol. The van der Waals surface area contributed by atoms with Gasteiger partial charge in [0.05, 0.1) is 12.0 Å². The maximum Gasteiger partial charge on any atom is 0.243 e. The minimum atomic E-state index is -3.53. The lowest BCUT2D eigenvalue weighted by Gasteiger charge is -2.34. The summed E-state index contributed by atoms with van der Waals surface area (Å²) in [4.78, 5) is 12.9. The van der Waals surface area contributed by atoms with Gasteiger partial charge in [-0.3, -0.25) is 4.79 Å². The van der Waals surface area contributed by atoms with Crippen molar-refractivity contribution in [3.63, 3.8) is 0 Å². The third-order valence-electron chi connectivity index (χ3n) is 5.96. The Morgan fingerprint density at radius 3 is 2.30 bits per heavy atom. The molecule has 3 rings (SSSR count). The highest BCUT2D eigenvalue weighted by molar-refractivity contribution is 7.89. The van der Waals surface area contributed by atoms with Gasteiger partial charge >= 0.3 is 0 Å². The third-order valence-corrected chi connectivity index (χ3v) is 7.87. The summed E-state index contributed by atoms with van der Waals surface area (Å²) < 4.78 is 32.2. The first-order valence-corrected chi connectivity index (χ1v) is 11.3. The molecule has 150 valence electrons. The SMILES string of the molecule is COc1ccc(S(=O)(=O)N2CCC(C(=O)N[C@H]3CCCC[C@H]3C)CC2)cc1. The molecular formula is C20H30N2O4S. The van der Waals surface area contributed by atoms with E-state index in [0.717, 1.165) is 6.42 Å². The Kier molecular flexibility index (Phi) is 6.42. The second kappa shape index (κ2) is 8.61. The molecule has 1 saturated heterocycles. The number of carbonyl (C=O) groups is 1. The molecule has 0 bridgehead atoms. The van der Waals surface area contributed by atoms with Crippen molar-refractivity contribution in [1.82, 2.24) is 9.62 Å². The van der Waals surface area contributed by atoms with Gasteiger partial charge in [-0.2, -0.15) is 4.31 Å². The molecule has 0 spiro atoms. The van der Waals surface area contributed by atoms with Crippen LogP contribution in [0, 0.1) is 11.8 Å². The third kappa shape index (κ3) is 4.63. The number of methoxy groups -OCH3 is 1. The molecule has 7 heteroatoms. The van der Waals surface area contributed by atoms with Crippen LogP contribution in [0.2, 0.25) is 0 Å². The summed E-state index contributed by atoms with van der Waals surface area (Å²) in [7, 11) is -1.98. The second-order valence-corrected chi connectivity index (χ2v) is 9.67. The van der Waals surface area contributed by atoms with E-state index >= 15 is 0 Å². The largest absolute Gasteiger partial charge is 0.497 e. The van der Waals surface area contributed by atoms with Gasteiger partial charge in [-0.15, -0.1) is 0 Å². The van der Waals surface area contributed by atoms with E-state index in [9.17, 15) is 13.2 Å². The Balaban J connectivity index is 1.56. The van der Waals surface area contributed by atoms with Gasteiger partial charge in [-0.1, -0.05) is 19.8 Å². The summed E-state index contributed by atoms with van der Waals surface area (Å²) in [5.41, 5.74) is 0. The molecule has 1 saturated carbocycles. The minimum absolute atomic E-state index is 0.0928. The van der Waals surface area contributed by atoms with Gasteiger partial charge in [-0.25, -0.2) is 8.42 Å². The van der Waals surface area contributed by atoms with Crippen molar-refractivity contribution in [3.8, 4) is 5.75 Å². The van der Waals surface area contributed by atoms with Gasteiger partial charge < -0.3 is 10.1 Å². The molecule has 1 aromatic carbocycles. The molecule has 1 aromatic rings. The van der Waals surface area contributed by atoms with E-state index in [1.165, 1.54) is 23.6 Å². The van der Waals surface area contributed by atoms with E-state index in [1.54, 1.807) is 31.4 Å². The number of nitrogens with zero attached hydrogens (tertiary/aromatic N) is 1. The molecule has 1 heterocycles. The number of carbonyl (C=O) groups excluding carboxylic acids is 1. The quantitative estimate of drug-likeness (QED) is 0.833. The number of benzene rings is 1. The number of piperidine rings is 1. The number of hydrogen-bond donors (Lipinski definition) is 1. The summed E-state index contributed by atoms with van der Waals surface area (Å²) in [5.74, 6) is 1.15. The normalized spacial score (nSPS) is 25.1. The summed E-state index contributed by atoms with van der Waals surface area (Å²) in [5, 5.41) is 3.22. The number of ether oxygens (including phenoxy) is 1. The fourth-order valence-electron chi connectivity index (χ4n) is 4.09. The molecule has 0 aromatic heterocycles. The van der Waals surface area contributed by atoms with Crippen LogP contribution >= 0.6 is 0 Å². The number of amides is 1. The van der Waals surface area contributed by atoms with E-state index in [1.807, 2.05) is 0 Å². The Bertz CT molecular complexity index is 740. The average Bonchev–Trinajstić information content (AvgIpc) is 2.70. The summed E-state index contributed by atoms with van der Waals surface area (Å²) in [6.45, 7) is 2.97. The molecule has 1 amide bonds. The number of hydrogen-bond acceptors (Lipinski definition) is 4. The molecule has 6 nitrogen and oxygen atoms in total. The lowest BCUT2D eigenvalue weighted by molar-refractivity contribution is -0.127. The van der Waals surface area contributed by atoms with Crippen LogP contribution in [0.3, 0.4) is 0 Å². The van der Waals surface area contributed by atoms with E-state index in [2.05, 4.69) is 12.2 Å². The molecular weight excluding hydrogens is 364 g/mol. The maximum atomic E-state index is 12.8. The van der Waals surface area contributed by atoms with E-state index in [4.69, 9.17) is 4.74 Å². The molecule has 2 fully saturated rings. The lowest BCUT2D eigenvalue weighted by atomic mass is 9.85. The van der Waals surface area contributed by atoms with Crippen LogP contribution in [0.25, 0.3) is 0 Å². The number of nitrogens with one attached hydrogen (secondary N) is 1. The molecule has 1 aliphatic carbocycles. The van der Waals surface area contributed by atoms with Gasteiger partial charge in [0.15, 0.2) is 0 Å². The highest BCUT2D eigenvalue weighted by Crippen LogP contribution is 2.27. The average molecular weight is 395 g/mol. The highest BCUT2D eigenvalue weighted by atomic mass is 32.2. The van der Waals surface area contributed by atoms with Crippen LogP contribution in [0.4, 0.5) is 0 Å². The zero-order chi connectivity index (χ0) is 19.4. The van der Waals surface area contributed by atoms with Gasteiger partial charge in [0.2, 0.25) is 15.9 Å². The van der Waals surface area contributed by atoms with Crippen molar-refractivity contribution in [1.29, 1.82) is 0 Å². The lowest BCUT2D eigenvalue weighted by Crippen LogP contribution is -2.47. The first kappa shape index (κ1) is 20.1. The Labute approximate surface area is 162 Å². The molecule has 0 radical (unpaired) electrons. The first-order chi connectivity index (χ1) is 12.9. The van der Waals surface area contributed by atoms with Crippen molar-refractivity contribution < 1.29 is 17.9 Å². The van der Waals surface area contributed by atoms with Crippen molar-refractivity contribution in [2.45, 2.75) is 56.4 Å². The van der Waals surface area contributed by atoms with E-state index < -0.39 is 10.0 Å². The van der Waals surface area contributed by atoms with Crippen LogP contribution in [-0.2, 0) is 14.8 Å². The van der Waals surface area contributed by atoms with Crippen LogP contribution in [0.15, 0.2) is 29.2 Å². The first-order valence-electron chi connectivity index (χ1n) is 9.86. The number of rotatable bonds is 5. The van der Waals surface area contributed by atoms with Crippen molar-refractivity contribution >= 4 is 15.9 Å². The topological polar surface area (TPSA) is 75.7 Å². The van der Waals surface area contributed by atoms with Crippen LogP contribution in [-0.4, -0.2) is 44.9 Å². The highest BCUT2D eigenvalue weighted by Gasteiger charge is 2.33. The molecule has 1 aliphatic heterocycles. The number of sulfonamides is 1. The Morgan fingerprint density at radius 1 is 1.07 bits per heavy atom. The fourth-order valence-corrected chi connectivity index (χ4v) is 5.56. The Hall–Kier alpha value is -1.60. The summed E-state index contributed by atoms with van der Waals surface area (Å²) >= 11 is 0. The van der Waals surface area contributed by atoms with Crippen LogP contribution in [0.1, 0.15) is 45.4 Å². The van der Waals surface area contributed by atoms with E-state index in [0.29, 0.717) is 37.6 Å². The van der Waals surface area contributed by atoms with Crippen molar-refractivity contribution in [3.05, 3.63) is 24.3 Å². The van der Waals surface area contributed by atoms with Crippen molar-refractivity contribution in [2.24, 2.45) is 11.8 Å². The second-order valence-electron chi connectivity index (χ2n) is 7.73. The predicted molar refractivity (Wildman–Crippen MR) is 104 cm³/mol. The predicted octanol–water partition coefficient (Wildman–Crippen LogP) is 2.79. The molecule has 1 N–H and O–H groups in total. The summed E-state index contributed by atoms with van der Waals surface area (Å²) in [6, 6.07) is 6.71. The van der Waals surface area contributed by atoms with Crippen molar-refractivity contribution in [2.75, 3.05) is 20.2 Å². The molecule has 2 atom stereocenters. The van der Waals surface area contributed by atoms with Crippen LogP contribution < -0.4 is 10.1 Å². The minimum Gasteiger partial charge on any atom is -0.497 e. The maximum absolute atomic E-state index is 12.8. The molecule has 0 unspecified atom stereocenters. The zero-order valence-electron chi connectivity index (χ0n) is 16.2. The standard InChI is InChI=1S/C20H30N2O4S/c1-15-5-3-4-6-19(15)21-20(23)16-11-13-22(14-12-16)27(24,25)18-9-7-17(26-2)8-10-18/h7-10,15-16,19H,3-6,11-14H2,1-2H3,(H,21,23)/t15-,19+/m1/s1. The smallest absolute Gasteiger partial charge is 0.243 e. The molecule has 2 aliphatic rings. The van der Waals surface area contributed by atoms with Gasteiger partial charge in [0, 0.05) is 25.0 Å². The van der Waals surface area contributed by atoms with Gasteiger partial charge in [-0.05, 0) is 55.9 Å². The fraction of sp³-hybridized carbons (Fsp3) is 0.650. The zero-order valence-corrected chi connectivity index (χ0v) is 17.0. The Morgan fingerprint density at radius 2 is 1.70 bits per heavy atom. The van der Waals surface area contributed by atoms with Gasteiger partial charge in [0.25, 0.3) is 0 Å². The molecule has 27 heavy (non-hydrogen) atoms. The van der Waals surface area contributed by atoms with Crippen LogP contribution in [0.5, 0.6) is 5.75 Å². The van der Waals surface area contributed by atoms with Gasteiger partial charge in [0.1, 0.15) is 5.75 Å².